The predicted octanol–water partition coefficient (Wildman–Crippen LogP) is 3.83. The van der Waals surface area contributed by atoms with Crippen molar-refractivity contribution in [1.82, 2.24) is 10.6 Å². The van der Waals surface area contributed by atoms with Gasteiger partial charge in [0.15, 0.2) is 5.96 Å². The van der Waals surface area contributed by atoms with Gasteiger partial charge in [-0.15, -0.1) is 0 Å². The lowest BCUT2D eigenvalue weighted by Gasteiger charge is -2.32. The summed E-state index contributed by atoms with van der Waals surface area (Å²) in [6, 6.07) is 8.73. The van der Waals surface area contributed by atoms with E-state index >= 15 is 0 Å². The van der Waals surface area contributed by atoms with Crippen molar-refractivity contribution in [3.8, 4) is 0 Å². The third-order valence-electron chi connectivity index (χ3n) is 5.01. The Labute approximate surface area is 164 Å². The number of nitrogens with one attached hydrogen (secondary N) is 2. The molecule has 2 N–H and O–H groups in total. The van der Waals surface area contributed by atoms with Crippen molar-refractivity contribution in [1.29, 1.82) is 0 Å². The molecule has 1 heterocycles. The predicted molar refractivity (Wildman–Crippen MR) is 112 cm³/mol. The SMILES string of the molecule is CCCCOCCCNC(=NC)NCC1CCCOC1c1ccc(C)cc1. The zero-order chi connectivity index (χ0) is 19.3. The maximum absolute atomic E-state index is 6.11. The molecule has 152 valence electrons. The first-order valence-electron chi connectivity index (χ1n) is 10.4. The number of aryl methyl sites for hydroxylation is 1. The molecule has 0 saturated carbocycles. The Morgan fingerprint density at radius 2 is 1.96 bits per heavy atom. The van der Waals surface area contributed by atoms with Crippen LogP contribution < -0.4 is 10.6 Å². The van der Waals surface area contributed by atoms with Crippen LogP contribution in [0.4, 0.5) is 0 Å². The number of hydrogen-bond donors (Lipinski definition) is 2. The highest BCUT2D eigenvalue weighted by Gasteiger charge is 2.27. The molecule has 27 heavy (non-hydrogen) atoms. The average Bonchev–Trinajstić information content (AvgIpc) is 2.70. The molecule has 2 atom stereocenters. The maximum atomic E-state index is 6.11. The Balaban J connectivity index is 1.74. The molecule has 1 aromatic carbocycles. The van der Waals surface area contributed by atoms with Gasteiger partial charge in [-0.3, -0.25) is 4.99 Å². The van der Waals surface area contributed by atoms with Crippen LogP contribution in [0.3, 0.4) is 0 Å². The molecule has 5 heteroatoms. The Hall–Kier alpha value is -1.59. The summed E-state index contributed by atoms with van der Waals surface area (Å²) in [5.74, 6) is 1.31. The third-order valence-corrected chi connectivity index (χ3v) is 5.01. The van der Waals surface area contributed by atoms with E-state index in [0.717, 1.165) is 58.1 Å². The summed E-state index contributed by atoms with van der Waals surface area (Å²) in [7, 11) is 1.82. The van der Waals surface area contributed by atoms with E-state index in [2.05, 4.69) is 53.7 Å². The summed E-state index contributed by atoms with van der Waals surface area (Å²) in [6.07, 6.45) is 5.77. The Morgan fingerprint density at radius 1 is 1.19 bits per heavy atom. The van der Waals surface area contributed by atoms with Crippen molar-refractivity contribution in [2.24, 2.45) is 10.9 Å². The second-order valence-electron chi connectivity index (χ2n) is 7.30. The van der Waals surface area contributed by atoms with Crippen molar-refractivity contribution in [3.63, 3.8) is 0 Å². The fourth-order valence-corrected chi connectivity index (χ4v) is 3.35. The summed E-state index contributed by atoms with van der Waals surface area (Å²) in [6.45, 7) is 8.55. The van der Waals surface area contributed by atoms with Crippen LogP contribution in [-0.4, -0.2) is 45.9 Å². The number of ether oxygens (including phenoxy) is 2. The first kappa shape index (κ1) is 21.7. The van der Waals surface area contributed by atoms with E-state index in [4.69, 9.17) is 9.47 Å². The van der Waals surface area contributed by atoms with Gasteiger partial charge in [0.05, 0.1) is 6.10 Å². The van der Waals surface area contributed by atoms with E-state index in [9.17, 15) is 0 Å². The number of guanidine groups is 1. The fraction of sp³-hybridized carbons (Fsp3) is 0.682. The van der Waals surface area contributed by atoms with Crippen LogP contribution >= 0.6 is 0 Å². The van der Waals surface area contributed by atoms with Gasteiger partial charge in [0.25, 0.3) is 0 Å². The van der Waals surface area contributed by atoms with Gasteiger partial charge in [0.2, 0.25) is 0 Å². The molecule has 1 aliphatic heterocycles. The Kier molecular flexibility index (Phi) is 10.2. The molecule has 1 aliphatic rings. The Morgan fingerprint density at radius 3 is 2.70 bits per heavy atom. The standard InChI is InChI=1S/C22H37N3O2/c1-4-5-14-26-15-7-13-24-22(23-3)25-17-20-8-6-16-27-21(20)19-11-9-18(2)10-12-19/h9-12,20-21H,4-8,13-17H2,1-3H3,(H2,23,24,25). The van der Waals surface area contributed by atoms with Crippen LogP contribution in [-0.2, 0) is 9.47 Å². The number of benzene rings is 1. The van der Waals surface area contributed by atoms with Gasteiger partial charge < -0.3 is 20.1 Å². The highest BCUT2D eigenvalue weighted by atomic mass is 16.5. The zero-order valence-electron chi connectivity index (χ0n) is 17.3. The van der Waals surface area contributed by atoms with E-state index in [1.54, 1.807) is 0 Å². The second-order valence-corrected chi connectivity index (χ2v) is 7.30. The molecular formula is C22H37N3O2. The molecule has 1 fully saturated rings. The molecule has 1 aromatic rings. The number of nitrogens with zero attached hydrogens (tertiary/aromatic N) is 1. The molecule has 0 radical (unpaired) electrons. The molecule has 0 aromatic heterocycles. The highest BCUT2D eigenvalue weighted by molar-refractivity contribution is 5.79. The summed E-state index contributed by atoms with van der Waals surface area (Å²) in [4.78, 5) is 4.34. The van der Waals surface area contributed by atoms with Crippen molar-refractivity contribution >= 4 is 5.96 Å². The molecule has 2 rings (SSSR count). The molecule has 1 saturated heterocycles. The first-order chi connectivity index (χ1) is 13.2. The lowest BCUT2D eigenvalue weighted by molar-refractivity contribution is -0.0265. The van der Waals surface area contributed by atoms with Crippen LogP contribution in [0.5, 0.6) is 0 Å². The first-order valence-corrected chi connectivity index (χ1v) is 10.4. The van der Waals surface area contributed by atoms with Gasteiger partial charge in [-0.25, -0.2) is 0 Å². The quantitative estimate of drug-likeness (QED) is 0.371. The van der Waals surface area contributed by atoms with E-state index in [-0.39, 0.29) is 6.10 Å². The van der Waals surface area contributed by atoms with Gasteiger partial charge in [-0.2, -0.15) is 0 Å². The van der Waals surface area contributed by atoms with Gasteiger partial charge in [-0.05, 0) is 38.2 Å². The lowest BCUT2D eigenvalue weighted by Crippen LogP contribution is -2.42. The minimum Gasteiger partial charge on any atom is -0.381 e. The van der Waals surface area contributed by atoms with E-state index in [0.29, 0.717) is 5.92 Å². The molecule has 0 bridgehead atoms. The van der Waals surface area contributed by atoms with E-state index < -0.39 is 0 Å². The van der Waals surface area contributed by atoms with Gasteiger partial charge in [-0.1, -0.05) is 43.2 Å². The number of rotatable bonds is 10. The largest absolute Gasteiger partial charge is 0.381 e. The summed E-state index contributed by atoms with van der Waals surface area (Å²) in [5.41, 5.74) is 2.56. The minimum atomic E-state index is 0.164. The van der Waals surface area contributed by atoms with Crippen LogP contribution in [0.1, 0.15) is 56.3 Å². The second kappa shape index (κ2) is 12.7. The number of hydrogen-bond acceptors (Lipinski definition) is 3. The van der Waals surface area contributed by atoms with Crippen molar-refractivity contribution in [2.75, 3.05) is 40.0 Å². The maximum Gasteiger partial charge on any atom is 0.190 e. The van der Waals surface area contributed by atoms with Crippen molar-refractivity contribution < 1.29 is 9.47 Å². The molecule has 5 nitrogen and oxygen atoms in total. The summed E-state index contributed by atoms with van der Waals surface area (Å²) >= 11 is 0. The average molecular weight is 376 g/mol. The third kappa shape index (κ3) is 7.89. The Bertz CT molecular complexity index is 545. The van der Waals surface area contributed by atoms with Gasteiger partial charge >= 0.3 is 0 Å². The van der Waals surface area contributed by atoms with Crippen molar-refractivity contribution in [2.45, 2.75) is 52.1 Å². The zero-order valence-corrected chi connectivity index (χ0v) is 17.3. The van der Waals surface area contributed by atoms with E-state index in [1.807, 2.05) is 7.05 Å². The minimum absolute atomic E-state index is 0.164. The van der Waals surface area contributed by atoms with Crippen LogP contribution in [0.2, 0.25) is 0 Å². The van der Waals surface area contributed by atoms with Crippen LogP contribution in [0.25, 0.3) is 0 Å². The van der Waals surface area contributed by atoms with Crippen LogP contribution in [0.15, 0.2) is 29.3 Å². The highest BCUT2D eigenvalue weighted by Crippen LogP contribution is 2.33. The molecule has 0 amide bonds. The fourth-order valence-electron chi connectivity index (χ4n) is 3.35. The van der Waals surface area contributed by atoms with Gasteiger partial charge in [0.1, 0.15) is 0 Å². The summed E-state index contributed by atoms with van der Waals surface area (Å²) in [5, 5.41) is 6.86. The molecule has 0 spiro atoms. The van der Waals surface area contributed by atoms with E-state index in [1.165, 1.54) is 24.0 Å². The molecule has 0 aliphatic carbocycles. The number of unbranched alkanes of at least 4 members (excludes halogenated alkanes) is 1. The van der Waals surface area contributed by atoms with Crippen LogP contribution in [0, 0.1) is 12.8 Å². The van der Waals surface area contributed by atoms with Gasteiger partial charge in [0, 0.05) is 45.9 Å². The molecular weight excluding hydrogens is 338 g/mol. The summed E-state index contributed by atoms with van der Waals surface area (Å²) < 4.78 is 11.7. The smallest absolute Gasteiger partial charge is 0.190 e. The molecule has 2 unspecified atom stereocenters. The normalized spacial score (nSPS) is 20.5. The number of aliphatic imine (C=N–C) groups is 1. The monoisotopic (exact) mass is 375 g/mol. The van der Waals surface area contributed by atoms with Crippen molar-refractivity contribution in [3.05, 3.63) is 35.4 Å². The topological polar surface area (TPSA) is 54.9 Å². The lowest BCUT2D eigenvalue weighted by atomic mass is 9.89.